The molecule has 21 heavy (non-hydrogen) atoms. The maximum absolute atomic E-state index is 12.2. The van der Waals surface area contributed by atoms with Crippen LogP contribution in [0.2, 0.25) is 0 Å². The second-order valence-electron chi connectivity index (χ2n) is 5.65. The summed E-state index contributed by atoms with van der Waals surface area (Å²) in [6, 6.07) is 12.0. The number of rotatable bonds is 3. The molecule has 2 aromatic rings. The Hall–Kier alpha value is -2.07. The summed E-state index contributed by atoms with van der Waals surface area (Å²) in [7, 11) is 0. The molecule has 0 saturated heterocycles. The molecule has 1 fully saturated rings. The van der Waals surface area contributed by atoms with Crippen LogP contribution in [0.1, 0.15) is 36.2 Å². The first-order chi connectivity index (χ1) is 10.2. The number of carbonyl (C=O) groups excluding carboxylic acids is 1. The van der Waals surface area contributed by atoms with Gasteiger partial charge < -0.3 is 15.4 Å². The van der Waals surface area contributed by atoms with Crippen molar-refractivity contribution in [2.75, 3.05) is 0 Å². The van der Waals surface area contributed by atoms with Crippen LogP contribution in [0, 0.1) is 0 Å². The summed E-state index contributed by atoms with van der Waals surface area (Å²) in [5.74, 6) is -0.0708. The molecular formula is C17H20N2O2. The van der Waals surface area contributed by atoms with Crippen molar-refractivity contribution in [1.82, 2.24) is 10.3 Å². The Morgan fingerprint density at radius 1 is 1.10 bits per heavy atom. The van der Waals surface area contributed by atoms with Crippen molar-refractivity contribution >= 4 is 5.91 Å². The summed E-state index contributed by atoms with van der Waals surface area (Å²) < 4.78 is 0. The Morgan fingerprint density at radius 3 is 2.52 bits per heavy atom. The molecule has 1 aliphatic rings. The summed E-state index contributed by atoms with van der Waals surface area (Å²) >= 11 is 0. The molecule has 0 radical (unpaired) electrons. The second-order valence-corrected chi connectivity index (χ2v) is 5.65. The smallest absolute Gasteiger partial charge is 0.267 e. The molecule has 3 rings (SSSR count). The molecule has 0 atom stereocenters. The van der Waals surface area contributed by atoms with Crippen molar-refractivity contribution < 1.29 is 9.90 Å². The number of hydrogen-bond donors (Lipinski definition) is 3. The largest absolute Gasteiger partial charge is 0.393 e. The Kier molecular flexibility index (Phi) is 4.06. The minimum Gasteiger partial charge on any atom is -0.393 e. The van der Waals surface area contributed by atoms with E-state index in [9.17, 15) is 9.90 Å². The number of aromatic nitrogens is 1. The highest BCUT2D eigenvalue weighted by Crippen LogP contribution is 2.21. The second kappa shape index (κ2) is 6.14. The molecule has 0 unspecified atom stereocenters. The van der Waals surface area contributed by atoms with Crippen LogP contribution in [0.4, 0.5) is 0 Å². The normalized spacial score (nSPS) is 22.0. The molecule has 1 aromatic heterocycles. The summed E-state index contributed by atoms with van der Waals surface area (Å²) in [5.41, 5.74) is 2.69. The highest BCUT2D eigenvalue weighted by atomic mass is 16.3. The first kappa shape index (κ1) is 13.9. The van der Waals surface area contributed by atoms with E-state index in [1.807, 2.05) is 42.6 Å². The molecule has 0 bridgehead atoms. The lowest BCUT2D eigenvalue weighted by molar-refractivity contribution is 0.0864. The van der Waals surface area contributed by atoms with Crippen LogP contribution < -0.4 is 5.32 Å². The predicted molar refractivity (Wildman–Crippen MR) is 82.0 cm³/mol. The average molecular weight is 284 g/mol. The van der Waals surface area contributed by atoms with E-state index in [-0.39, 0.29) is 18.1 Å². The van der Waals surface area contributed by atoms with E-state index in [0.717, 1.165) is 36.8 Å². The summed E-state index contributed by atoms with van der Waals surface area (Å²) in [6.07, 6.45) is 4.89. The van der Waals surface area contributed by atoms with Crippen molar-refractivity contribution in [3.05, 3.63) is 48.3 Å². The molecule has 1 saturated carbocycles. The van der Waals surface area contributed by atoms with Crippen LogP contribution in [0.25, 0.3) is 11.1 Å². The third kappa shape index (κ3) is 3.34. The number of aliphatic hydroxyl groups excluding tert-OH is 1. The van der Waals surface area contributed by atoms with E-state index in [4.69, 9.17) is 0 Å². The minimum atomic E-state index is -0.201. The Labute approximate surface area is 124 Å². The fourth-order valence-corrected chi connectivity index (χ4v) is 2.81. The molecule has 0 spiro atoms. The molecule has 110 valence electrons. The number of aliphatic hydroxyl groups is 1. The van der Waals surface area contributed by atoms with E-state index < -0.39 is 0 Å². The molecule has 1 aliphatic carbocycles. The molecule has 3 N–H and O–H groups in total. The van der Waals surface area contributed by atoms with Gasteiger partial charge >= 0.3 is 0 Å². The zero-order valence-corrected chi connectivity index (χ0v) is 11.9. The van der Waals surface area contributed by atoms with Gasteiger partial charge in [0.1, 0.15) is 5.69 Å². The lowest BCUT2D eigenvalue weighted by atomic mass is 9.93. The zero-order chi connectivity index (χ0) is 14.7. The number of H-pyrrole nitrogens is 1. The molecule has 4 nitrogen and oxygen atoms in total. The summed E-state index contributed by atoms with van der Waals surface area (Å²) in [4.78, 5) is 15.3. The van der Waals surface area contributed by atoms with Gasteiger partial charge in [0.15, 0.2) is 0 Å². The van der Waals surface area contributed by atoms with Gasteiger partial charge in [-0.2, -0.15) is 0 Å². The van der Waals surface area contributed by atoms with Crippen molar-refractivity contribution in [1.29, 1.82) is 0 Å². The van der Waals surface area contributed by atoms with Crippen molar-refractivity contribution in [2.45, 2.75) is 37.8 Å². The quantitative estimate of drug-likeness (QED) is 0.811. The van der Waals surface area contributed by atoms with Gasteiger partial charge in [-0.3, -0.25) is 4.79 Å². The highest BCUT2D eigenvalue weighted by molar-refractivity contribution is 5.94. The number of carbonyl (C=O) groups is 1. The molecule has 0 aliphatic heterocycles. The van der Waals surface area contributed by atoms with E-state index in [2.05, 4.69) is 10.3 Å². The third-order valence-electron chi connectivity index (χ3n) is 4.07. The van der Waals surface area contributed by atoms with Gasteiger partial charge in [0, 0.05) is 12.2 Å². The van der Waals surface area contributed by atoms with Gasteiger partial charge in [0.2, 0.25) is 0 Å². The first-order valence-corrected chi connectivity index (χ1v) is 7.45. The summed E-state index contributed by atoms with van der Waals surface area (Å²) in [6.45, 7) is 0. The number of nitrogens with one attached hydrogen (secondary N) is 2. The monoisotopic (exact) mass is 284 g/mol. The molecule has 1 heterocycles. The fraction of sp³-hybridized carbons (Fsp3) is 0.353. The van der Waals surface area contributed by atoms with E-state index >= 15 is 0 Å². The first-order valence-electron chi connectivity index (χ1n) is 7.45. The molecule has 1 amide bonds. The number of amides is 1. The van der Waals surface area contributed by atoms with E-state index in [1.165, 1.54) is 0 Å². The maximum atomic E-state index is 12.2. The van der Waals surface area contributed by atoms with Gasteiger partial charge in [0.25, 0.3) is 5.91 Å². The maximum Gasteiger partial charge on any atom is 0.267 e. The topological polar surface area (TPSA) is 65.1 Å². The number of benzene rings is 1. The van der Waals surface area contributed by atoms with Crippen LogP contribution in [-0.2, 0) is 0 Å². The van der Waals surface area contributed by atoms with E-state index in [0.29, 0.717) is 5.69 Å². The van der Waals surface area contributed by atoms with Crippen LogP contribution in [0.15, 0.2) is 42.6 Å². The molecular weight excluding hydrogens is 264 g/mol. The predicted octanol–water partition coefficient (Wildman–Crippen LogP) is 2.71. The zero-order valence-electron chi connectivity index (χ0n) is 11.9. The Morgan fingerprint density at radius 2 is 1.81 bits per heavy atom. The van der Waals surface area contributed by atoms with Crippen molar-refractivity contribution in [2.24, 2.45) is 0 Å². The van der Waals surface area contributed by atoms with E-state index in [1.54, 1.807) is 0 Å². The van der Waals surface area contributed by atoms with Gasteiger partial charge in [0.05, 0.1) is 6.10 Å². The van der Waals surface area contributed by atoms with Crippen molar-refractivity contribution in [3.63, 3.8) is 0 Å². The lowest BCUT2D eigenvalue weighted by Crippen LogP contribution is -2.38. The highest BCUT2D eigenvalue weighted by Gasteiger charge is 2.21. The van der Waals surface area contributed by atoms with Gasteiger partial charge in [-0.1, -0.05) is 30.3 Å². The number of aromatic amines is 1. The Bertz CT molecular complexity index is 598. The van der Waals surface area contributed by atoms with Crippen LogP contribution in [0.5, 0.6) is 0 Å². The third-order valence-corrected chi connectivity index (χ3v) is 4.07. The summed E-state index contributed by atoms with van der Waals surface area (Å²) in [5, 5.41) is 12.5. The van der Waals surface area contributed by atoms with Gasteiger partial charge in [-0.15, -0.1) is 0 Å². The molecule has 1 aromatic carbocycles. The average Bonchev–Trinajstić information content (AvgIpc) is 3.00. The lowest BCUT2D eigenvalue weighted by Gasteiger charge is -2.25. The van der Waals surface area contributed by atoms with Crippen LogP contribution >= 0.6 is 0 Å². The van der Waals surface area contributed by atoms with Gasteiger partial charge in [-0.25, -0.2) is 0 Å². The fourth-order valence-electron chi connectivity index (χ4n) is 2.81. The SMILES string of the molecule is O=C(NC1CCC(O)CC1)c1cc(-c2ccccc2)c[nH]1. The minimum absolute atomic E-state index is 0.0708. The van der Waals surface area contributed by atoms with Crippen LogP contribution in [0.3, 0.4) is 0 Å². The standard InChI is InChI=1S/C17H20N2O2/c20-15-8-6-14(7-9-15)19-17(21)16-10-13(11-18-16)12-4-2-1-3-5-12/h1-5,10-11,14-15,18,20H,6-9H2,(H,19,21). The number of hydrogen-bond acceptors (Lipinski definition) is 2. The molecule has 4 heteroatoms. The Balaban J connectivity index is 1.64. The van der Waals surface area contributed by atoms with Gasteiger partial charge in [-0.05, 0) is 42.9 Å². The van der Waals surface area contributed by atoms with Crippen molar-refractivity contribution in [3.8, 4) is 11.1 Å². The van der Waals surface area contributed by atoms with Crippen LogP contribution in [-0.4, -0.2) is 28.1 Å².